The van der Waals surface area contributed by atoms with Crippen LogP contribution < -0.4 is 5.32 Å². The van der Waals surface area contributed by atoms with Crippen molar-refractivity contribution in [2.45, 2.75) is 19.8 Å². The van der Waals surface area contributed by atoms with E-state index in [2.05, 4.69) is 19.2 Å². The molecule has 24 heavy (non-hydrogen) atoms. The summed E-state index contributed by atoms with van der Waals surface area (Å²) < 4.78 is 0. The molecule has 2 aliphatic heterocycles. The summed E-state index contributed by atoms with van der Waals surface area (Å²) in [6.07, 6.45) is 0. The van der Waals surface area contributed by atoms with E-state index < -0.39 is 0 Å². The van der Waals surface area contributed by atoms with Gasteiger partial charge in [0.05, 0.1) is 4.88 Å². The number of piperazine rings is 2. The van der Waals surface area contributed by atoms with Crippen LogP contribution in [0.4, 0.5) is 4.79 Å². The molecule has 2 saturated heterocycles. The van der Waals surface area contributed by atoms with Gasteiger partial charge in [0, 0.05) is 52.4 Å². The molecular weight excluding hydrogens is 324 g/mol. The molecule has 0 radical (unpaired) electrons. The number of nitrogens with zero attached hydrogens (tertiary/aromatic N) is 3. The summed E-state index contributed by atoms with van der Waals surface area (Å²) in [5.74, 6) is 0.466. The molecule has 1 aromatic heterocycles. The van der Waals surface area contributed by atoms with Crippen molar-refractivity contribution < 1.29 is 9.59 Å². The third kappa shape index (κ3) is 3.57. The highest BCUT2D eigenvalue weighted by molar-refractivity contribution is 7.12. The number of hydrogen-bond acceptors (Lipinski definition) is 4. The van der Waals surface area contributed by atoms with E-state index in [1.54, 1.807) is 0 Å². The summed E-state index contributed by atoms with van der Waals surface area (Å²) >= 11 is 1.52. The van der Waals surface area contributed by atoms with Gasteiger partial charge >= 0.3 is 6.03 Å². The summed E-state index contributed by atoms with van der Waals surface area (Å²) in [7, 11) is 0. The van der Waals surface area contributed by atoms with E-state index in [4.69, 9.17) is 0 Å². The van der Waals surface area contributed by atoms with E-state index in [-0.39, 0.29) is 11.9 Å². The number of nitrogens with one attached hydrogen (secondary N) is 1. The average Bonchev–Trinajstić information content (AvgIpc) is 3.11. The lowest BCUT2D eigenvalue weighted by Gasteiger charge is -2.38. The second-order valence-electron chi connectivity index (χ2n) is 6.66. The Balaban J connectivity index is 1.57. The number of urea groups is 1. The fraction of sp³-hybridized carbons (Fsp3) is 0.647. The van der Waals surface area contributed by atoms with E-state index in [1.165, 1.54) is 11.3 Å². The SMILES string of the molecule is CC(C)c1ccsc1C(=O)N1CCN(C(=O)N2CCNCC2)CC1. The van der Waals surface area contributed by atoms with Crippen LogP contribution in [-0.4, -0.2) is 79.0 Å². The number of amides is 3. The van der Waals surface area contributed by atoms with Gasteiger partial charge in [-0.3, -0.25) is 4.79 Å². The van der Waals surface area contributed by atoms with Crippen LogP contribution in [0.25, 0.3) is 0 Å². The molecular formula is C17H26N4O2S. The first-order valence-corrected chi connectivity index (χ1v) is 9.57. The molecule has 3 rings (SSSR count). The summed E-state index contributed by atoms with van der Waals surface area (Å²) in [4.78, 5) is 31.8. The van der Waals surface area contributed by atoms with E-state index in [9.17, 15) is 9.59 Å². The third-order valence-electron chi connectivity index (χ3n) is 4.74. The number of carbonyl (C=O) groups is 2. The molecule has 0 aliphatic carbocycles. The van der Waals surface area contributed by atoms with Crippen molar-refractivity contribution in [2.75, 3.05) is 52.4 Å². The van der Waals surface area contributed by atoms with Gasteiger partial charge in [-0.15, -0.1) is 11.3 Å². The molecule has 1 aromatic rings. The minimum atomic E-state index is 0.114. The maximum atomic E-state index is 12.8. The quantitative estimate of drug-likeness (QED) is 0.882. The maximum Gasteiger partial charge on any atom is 0.320 e. The van der Waals surface area contributed by atoms with Crippen molar-refractivity contribution >= 4 is 23.3 Å². The van der Waals surface area contributed by atoms with Crippen molar-refractivity contribution in [3.63, 3.8) is 0 Å². The molecule has 0 atom stereocenters. The molecule has 6 nitrogen and oxygen atoms in total. The van der Waals surface area contributed by atoms with Gasteiger partial charge in [-0.2, -0.15) is 0 Å². The standard InChI is InChI=1S/C17H26N4O2S/c1-13(2)14-3-12-24-15(14)16(22)19-8-10-21(11-9-19)17(23)20-6-4-18-5-7-20/h3,12-13,18H,4-11H2,1-2H3. The summed E-state index contributed by atoms with van der Waals surface area (Å²) in [5, 5.41) is 5.25. The highest BCUT2D eigenvalue weighted by Crippen LogP contribution is 2.26. The molecule has 132 valence electrons. The summed E-state index contributed by atoms with van der Waals surface area (Å²) in [6, 6.07) is 2.16. The lowest BCUT2D eigenvalue weighted by molar-refractivity contribution is 0.0638. The monoisotopic (exact) mass is 350 g/mol. The fourth-order valence-electron chi connectivity index (χ4n) is 3.25. The van der Waals surface area contributed by atoms with Crippen LogP contribution in [-0.2, 0) is 0 Å². The summed E-state index contributed by atoms with van der Waals surface area (Å²) in [5.41, 5.74) is 1.13. The second-order valence-corrected chi connectivity index (χ2v) is 7.57. The normalized spacial score (nSPS) is 19.0. The maximum absolute atomic E-state index is 12.8. The van der Waals surface area contributed by atoms with Gasteiger partial charge in [-0.05, 0) is 22.9 Å². The van der Waals surface area contributed by atoms with Crippen LogP contribution in [0.1, 0.15) is 35.0 Å². The van der Waals surface area contributed by atoms with Gasteiger partial charge in [0.1, 0.15) is 0 Å². The van der Waals surface area contributed by atoms with Gasteiger partial charge in [-0.1, -0.05) is 13.8 Å². The molecule has 0 spiro atoms. The van der Waals surface area contributed by atoms with E-state index >= 15 is 0 Å². The average molecular weight is 350 g/mol. The van der Waals surface area contributed by atoms with E-state index in [0.29, 0.717) is 32.1 Å². The highest BCUT2D eigenvalue weighted by Gasteiger charge is 2.29. The minimum absolute atomic E-state index is 0.114. The van der Waals surface area contributed by atoms with Crippen molar-refractivity contribution in [1.29, 1.82) is 0 Å². The predicted octanol–water partition coefficient (Wildman–Crippen LogP) is 1.65. The number of hydrogen-bond donors (Lipinski definition) is 1. The van der Waals surface area contributed by atoms with E-state index in [1.807, 2.05) is 26.1 Å². The van der Waals surface area contributed by atoms with Crippen molar-refractivity contribution in [2.24, 2.45) is 0 Å². The Morgan fingerprint density at radius 2 is 1.58 bits per heavy atom. The van der Waals surface area contributed by atoms with Gasteiger partial charge in [-0.25, -0.2) is 4.79 Å². The van der Waals surface area contributed by atoms with Crippen LogP contribution in [0, 0.1) is 0 Å². The molecule has 0 aromatic carbocycles. The molecule has 0 saturated carbocycles. The number of carbonyl (C=O) groups excluding carboxylic acids is 2. The molecule has 2 aliphatic rings. The first-order chi connectivity index (χ1) is 11.6. The molecule has 0 bridgehead atoms. The minimum Gasteiger partial charge on any atom is -0.334 e. The molecule has 1 N–H and O–H groups in total. The third-order valence-corrected chi connectivity index (χ3v) is 5.66. The van der Waals surface area contributed by atoms with Crippen LogP contribution in [0.3, 0.4) is 0 Å². The Labute approximate surface area is 147 Å². The number of rotatable bonds is 2. The Morgan fingerprint density at radius 1 is 1.00 bits per heavy atom. The molecule has 3 amide bonds. The Hall–Kier alpha value is -1.60. The molecule has 2 fully saturated rings. The lowest BCUT2D eigenvalue weighted by Crippen LogP contribution is -2.56. The Kier molecular flexibility index (Phi) is 5.40. The topological polar surface area (TPSA) is 55.9 Å². The second kappa shape index (κ2) is 7.53. The lowest BCUT2D eigenvalue weighted by atomic mass is 10.0. The molecule has 7 heteroatoms. The summed E-state index contributed by atoms with van der Waals surface area (Å²) in [6.45, 7) is 9.97. The van der Waals surface area contributed by atoms with Crippen LogP contribution in [0.5, 0.6) is 0 Å². The van der Waals surface area contributed by atoms with E-state index in [0.717, 1.165) is 36.6 Å². The molecule has 0 unspecified atom stereocenters. The highest BCUT2D eigenvalue weighted by atomic mass is 32.1. The Bertz CT molecular complexity index is 587. The van der Waals surface area contributed by atoms with Crippen molar-refractivity contribution in [3.8, 4) is 0 Å². The van der Waals surface area contributed by atoms with Crippen LogP contribution in [0.2, 0.25) is 0 Å². The zero-order chi connectivity index (χ0) is 17.1. The first kappa shape index (κ1) is 17.2. The fourth-order valence-corrected chi connectivity index (χ4v) is 4.27. The zero-order valence-corrected chi connectivity index (χ0v) is 15.3. The largest absolute Gasteiger partial charge is 0.334 e. The smallest absolute Gasteiger partial charge is 0.320 e. The van der Waals surface area contributed by atoms with Crippen LogP contribution >= 0.6 is 11.3 Å². The molecule has 3 heterocycles. The first-order valence-electron chi connectivity index (χ1n) is 8.69. The van der Waals surface area contributed by atoms with Gasteiger partial charge in [0.2, 0.25) is 0 Å². The predicted molar refractivity (Wildman–Crippen MR) is 95.7 cm³/mol. The van der Waals surface area contributed by atoms with Gasteiger partial charge in [0.25, 0.3) is 5.91 Å². The van der Waals surface area contributed by atoms with Crippen molar-refractivity contribution in [1.82, 2.24) is 20.0 Å². The van der Waals surface area contributed by atoms with Crippen molar-refractivity contribution in [3.05, 3.63) is 21.9 Å². The Morgan fingerprint density at radius 3 is 2.21 bits per heavy atom. The van der Waals surface area contributed by atoms with Gasteiger partial charge < -0.3 is 20.0 Å². The zero-order valence-electron chi connectivity index (χ0n) is 14.5. The van der Waals surface area contributed by atoms with Crippen LogP contribution in [0.15, 0.2) is 11.4 Å². The number of thiophene rings is 1. The van der Waals surface area contributed by atoms with Gasteiger partial charge in [0.15, 0.2) is 0 Å².